The number of ketones is 1. The van der Waals surface area contributed by atoms with E-state index in [1.165, 1.54) is 0 Å². The van der Waals surface area contributed by atoms with E-state index in [4.69, 9.17) is 0 Å². The lowest BCUT2D eigenvalue weighted by Crippen LogP contribution is -2.07. The summed E-state index contributed by atoms with van der Waals surface area (Å²) in [7, 11) is 0. The maximum absolute atomic E-state index is 10.7. The van der Waals surface area contributed by atoms with Crippen molar-refractivity contribution in [3.63, 3.8) is 0 Å². The Labute approximate surface area is 60.6 Å². The van der Waals surface area contributed by atoms with Crippen LogP contribution in [0, 0.1) is 5.92 Å². The van der Waals surface area contributed by atoms with Gasteiger partial charge in [-0.05, 0) is 23.3 Å². The summed E-state index contributed by atoms with van der Waals surface area (Å²) in [5.74, 6) is 0.712. The molecule has 0 aromatic carbocycles. The molecule has 0 amide bonds. The standard InChI is InChI=1S/C7H10OS/c1-5-2-3-6(8)4-7(5)9/h4-5,9H,2-3H2,1H3/t5-/m0/s1. The van der Waals surface area contributed by atoms with Crippen molar-refractivity contribution < 1.29 is 4.79 Å². The minimum absolute atomic E-state index is 0.220. The van der Waals surface area contributed by atoms with E-state index in [0.29, 0.717) is 12.3 Å². The Balaban J connectivity index is 2.72. The van der Waals surface area contributed by atoms with Gasteiger partial charge in [0.1, 0.15) is 0 Å². The number of hydrogen-bond donors (Lipinski definition) is 1. The average molecular weight is 142 g/mol. The fraction of sp³-hybridized carbons (Fsp3) is 0.571. The van der Waals surface area contributed by atoms with Crippen molar-refractivity contribution in [2.45, 2.75) is 19.8 Å². The Hall–Kier alpha value is -0.240. The highest BCUT2D eigenvalue weighted by Crippen LogP contribution is 2.24. The second-order valence-corrected chi connectivity index (χ2v) is 2.99. The molecule has 9 heavy (non-hydrogen) atoms. The van der Waals surface area contributed by atoms with E-state index in [9.17, 15) is 4.79 Å². The lowest BCUT2D eigenvalue weighted by atomic mass is 9.97. The van der Waals surface area contributed by atoms with Crippen molar-refractivity contribution in [1.82, 2.24) is 0 Å². The van der Waals surface area contributed by atoms with Gasteiger partial charge in [0.15, 0.2) is 5.78 Å². The zero-order chi connectivity index (χ0) is 6.85. The number of allylic oxidation sites excluding steroid dienone is 2. The molecule has 0 spiro atoms. The monoisotopic (exact) mass is 142 g/mol. The molecule has 0 radical (unpaired) electrons. The maximum atomic E-state index is 10.7. The molecular weight excluding hydrogens is 132 g/mol. The van der Waals surface area contributed by atoms with Crippen molar-refractivity contribution in [2.24, 2.45) is 5.92 Å². The molecule has 0 aromatic heterocycles. The predicted octanol–water partition coefficient (Wildman–Crippen LogP) is 1.80. The van der Waals surface area contributed by atoms with Crippen molar-refractivity contribution >= 4 is 18.4 Å². The Morgan fingerprint density at radius 1 is 1.78 bits per heavy atom. The number of hydrogen-bond acceptors (Lipinski definition) is 2. The molecule has 0 N–H and O–H groups in total. The van der Waals surface area contributed by atoms with Crippen LogP contribution in [0.5, 0.6) is 0 Å². The molecule has 0 saturated heterocycles. The highest BCUT2D eigenvalue weighted by molar-refractivity contribution is 7.84. The molecule has 0 heterocycles. The smallest absolute Gasteiger partial charge is 0.156 e. The van der Waals surface area contributed by atoms with Gasteiger partial charge < -0.3 is 0 Å². The zero-order valence-corrected chi connectivity index (χ0v) is 6.32. The number of carbonyl (C=O) groups excluding carboxylic acids is 1. The minimum atomic E-state index is 0.220. The van der Waals surface area contributed by atoms with Gasteiger partial charge in [0, 0.05) is 6.42 Å². The van der Waals surface area contributed by atoms with Crippen LogP contribution < -0.4 is 0 Å². The SMILES string of the molecule is C[C@H]1CCC(=O)C=C1S. The Morgan fingerprint density at radius 2 is 2.44 bits per heavy atom. The summed E-state index contributed by atoms with van der Waals surface area (Å²) in [6, 6.07) is 0. The van der Waals surface area contributed by atoms with Gasteiger partial charge in [-0.3, -0.25) is 4.79 Å². The van der Waals surface area contributed by atoms with Crippen molar-refractivity contribution in [1.29, 1.82) is 0 Å². The van der Waals surface area contributed by atoms with Crippen LogP contribution in [0.2, 0.25) is 0 Å². The lowest BCUT2D eigenvalue weighted by Gasteiger charge is -2.14. The fourth-order valence-corrected chi connectivity index (χ4v) is 1.16. The molecule has 2 heteroatoms. The summed E-state index contributed by atoms with van der Waals surface area (Å²) in [5.41, 5.74) is 0. The minimum Gasteiger partial charge on any atom is -0.295 e. The second kappa shape index (κ2) is 2.56. The second-order valence-electron chi connectivity index (χ2n) is 2.48. The van der Waals surface area contributed by atoms with Gasteiger partial charge in [-0.1, -0.05) is 6.92 Å². The van der Waals surface area contributed by atoms with E-state index in [-0.39, 0.29) is 5.78 Å². The van der Waals surface area contributed by atoms with E-state index < -0.39 is 0 Å². The van der Waals surface area contributed by atoms with Gasteiger partial charge in [-0.2, -0.15) is 0 Å². The Kier molecular flexibility index (Phi) is 1.96. The molecule has 1 aliphatic carbocycles. The Morgan fingerprint density at radius 3 is 2.89 bits per heavy atom. The molecule has 0 bridgehead atoms. The molecule has 1 rings (SSSR count). The van der Waals surface area contributed by atoms with Crippen molar-refractivity contribution in [2.75, 3.05) is 0 Å². The molecule has 0 fully saturated rings. The molecule has 0 unspecified atom stereocenters. The van der Waals surface area contributed by atoms with Crippen LogP contribution in [0.15, 0.2) is 11.0 Å². The normalized spacial score (nSPS) is 28.0. The number of thiol groups is 1. The third-order valence-electron chi connectivity index (χ3n) is 1.64. The van der Waals surface area contributed by atoms with E-state index in [0.717, 1.165) is 11.3 Å². The topological polar surface area (TPSA) is 17.1 Å². The van der Waals surface area contributed by atoms with Gasteiger partial charge in [0.25, 0.3) is 0 Å². The van der Waals surface area contributed by atoms with Crippen LogP contribution in [-0.2, 0) is 4.79 Å². The molecule has 1 nitrogen and oxygen atoms in total. The fourth-order valence-electron chi connectivity index (χ4n) is 0.886. The molecule has 0 saturated carbocycles. The maximum Gasteiger partial charge on any atom is 0.156 e. The highest BCUT2D eigenvalue weighted by Gasteiger charge is 2.13. The molecule has 1 atom stereocenters. The molecular formula is C7H10OS. The Bertz CT molecular complexity index is 160. The summed E-state index contributed by atoms with van der Waals surface area (Å²) >= 11 is 4.16. The summed E-state index contributed by atoms with van der Waals surface area (Å²) in [6.07, 6.45) is 3.30. The van der Waals surface area contributed by atoms with E-state index in [1.54, 1.807) is 6.08 Å². The number of carbonyl (C=O) groups is 1. The summed E-state index contributed by atoms with van der Waals surface area (Å²) in [4.78, 5) is 11.6. The molecule has 50 valence electrons. The molecule has 0 aliphatic heterocycles. The predicted molar refractivity (Wildman–Crippen MR) is 40.5 cm³/mol. The van der Waals surface area contributed by atoms with Crippen LogP contribution in [-0.4, -0.2) is 5.78 Å². The van der Waals surface area contributed by atoms with Crippen molar-refractivity contribution in [3.8, 4) is 0 Å². The third-order valence-corrected chi connectivity index (χ3v) is 2.21. The first-order valence-electron chi connectivity index (χ1n) is 3.13. The highest BCUT2D eigenvalue weighted by atomic mass is 32.1. The van der Waals surface area contributed by atoms with E-state index in [2.05, 4.69) is 19.6 Å². The quantitative estimate of drug-likeness (QED) is 0.510. The van der Waals surface area contributed by atoms with Gasteiger partial charge in [0.05, 0.1) is 0 Å². The first-order valence-corrected chi connectivity index (χ1v) is 3.58. The van der Waals surface area contributed by atoms with Gasteiger partial charge in [-0.15, -0.1) is 12.6 Å². The van der Waals surface area contributed by atoms with Gasteiger partial charge in [-0.25, -0.2) is 0 Å². The average Bonchev–Trinajstić information content (AvgIpc) is 1.80. The van der Waals surface area contributed by atoms with Crippen LogP contribution >= 0.6 is 12.6 Å². The molecule has 1 aliphatic rings. The number of rotatable bonds is 0. The van der Waals surface area contributed by atoms with Crippen LogP contribution in [0.4, 0.5) is 0 Å². The largest absolute Gasteiger partial charge is 0.295 e. The van der Waals surface area contributed by atoms with Crippen molar-refractivity contribution in [3.05, 3.63) is 11.0 Å². The van der Waals surface area contributed by atoms with Crippen LogP contribution in [0.25, 0.3) is 0 Å². The molecule has 0 aromatic rings. The summed E-state index contributed by atoms with van der Waals surface area (Å²) in [5, 5.41) is 0. The first-order chi connectivity index (χ1) is 4.20. The third kappa shape index (κ3) is 1.58. The zero-order valence-electron chi connectivity index (χ0n) is 5.42. The van der Waals surface area contributed by atoms with Crippen LogP contribution in [0.1, 0.15) is 19.8 Å². The lowest BCUT2D eigenvalue weighted by molar-refractivity contribution is -0.115. The van der Waals surface area contributed by atoms with E-state index >= 15 is 0 Å². The summed E-state index contributed by atoms with van der Waals surface area (Å²) < 4.78 is 0. The van der Waals surface area contributed by atoms with Gasteiger partial charge in [0.2, 0.25) is 0 Å². The summed E-state index contributed by atoms with van der Waals surface area (Å²) in [6.45, 7) is 2.09. The van der Waals surface area contributed by atoms with E-state index in [1.807, 2.05) is 0 Å². The van der Waals surface area contributed by atoms with Gasteiger partial charge >= 0.3 is 0 Å². The van der Waals surface area contributed by atoms with Crippen LogP contribution in [0.3, 0.4) is 0 Å². The first kappa shape index (κ1) is 6.87.